The number of aromatic nitrogens is 2. The summed E-state index contributed by atoms with van der Waals surface area (Å²) in [5.74, 6) is 0.896. The molecule has 1 unspecified atom stereocenters. The quantitative estimate of drug-likeness (QED) is 0.767. The van der Waals surface area contributed by atoms with Gasteiger partial charge in [-0.25, -0.2) is 9.97 Å². The molecule has 26 heavy (non-hydrogen) atoms. The van der Waals surface area contributed by atoms with Crippen molar-refractivity contribution in [3.8, 4) is 0 Å². The molecule has 2 aromatic carbocycles. The van der Waals surface area contributed by atoms with Crippen molar-refractivity contribution in [2.45, 2.75) is 32.2 Å². The van der Waals surface area contributed by atoms with Gasteiger partial charge in [0.05, 0.1) is 11.3 Å². The predicted molar refractivity (Wildman–Crippen MR) is 102 cm³/mol. The zero-order valence-electron chi connectivity index (χ0n) is 14.8. The van der Waals surface area contributed by atoms with Gasteiger partial charge in [-0.3, -0.25) is 4.79 Å². The van der Waals surface area contributed by atoms with E-state index < -0.39 is 0 Å². The fourth-order valence-electron chi connectivity index (χ4n) is 3.57. The summed E-state index contributed by atoms with van der Waals surface area (Å²) >= 11 is 0. The molecule has 0 fully saturated rings. The highest BCUT2D eigenvalue weighted by Gasteiger charge is 2.28. The molecule has 0 amide bonds. The Morgan fingerprint density at radius 1 is 1.04 bits per heavy atom. The summed E-state index contributed by atoms with van der Waals surface area (Å²) in [6, 6.07) is 18.4. The number of nitrogens with one attached hydrogen (secondary N) is 1. The maximum atomic E-state index is 12.6. The topological polar surface area (TPSA) is 54.9 Å². The SMILES string of the molecule is Cc1ccccc1C1CC(=O)c2cnc(NCc3ccccc3)nc2C1. The summed E-state index contributed by atoms with van der Waals surface area (Å²) in [5.41, 5.74) is 5.15. The number of fused-ring (bicyclic) bond motifs is 1. The average Bonchev–Trinajstić information content (AvgIpc) is 2.67. The summed E-state index contributed by atoms with van der Waals surface area (Å²) in [7, 11) is 0. The van der Waals surface area contributed by atoms with Crippen molar-refractivity contribution in [1.29, 1.82) is 0 Å². The van der Waals surface area contributed by atoms with E-state index in [0.717, 1.165) is 12.1 Å². The molecule has 0 aliphatic heterocycles. The summed E-state index contributed by atoms with van der Waals surface area (Å²) in [6.45, 7) is 2.76. The van der Waals surface area contributed by atoms with Crippen LogP contribution in [0.3, 0.4) is 0 Å². The summed E-state index contributed by atoms with van der Waals surface area (Å²) in [6.07, 6.45) is 2.97. The first-order valence-electron chi connectivity index (χ1n) is 8.93. The van der Waals surface area contributed by atoms with Gasteiger partial charge in [0.25, 0.3) is 0 Å². The molecule has 1 N–H and O–H groups in total. The van der Waals surface area contributed by atoms with Crippen molar-refractivity contribution in [1.82, 2.24) is 9.97 Å². The number of rotatable bonds is 4. The standard InChI is InChI=1S/C22H21N3O/c1-15-7-5-6-10-18(15)17-11-20-19(21(26)12-17)14-24-22(25-20)23-13-16-8-3-2-4-9-16/h2-10,14,17H,11-13H2,1H3,(H,23,24,25). The van der Waals surface area contributed by atoms with Gasteiger partial charge in [-0.15, -0.1) is 0 Å². The molecule has 0 radical (unpaired) electrons. The molecule has 4 heteroatoms. The van der Waals surface area contributed by atoms with E-state index in [1.165, 1.54) is 16.7 Å². The van der Waals surface area contributed by atoms with Crippen LogP contribution in [0.15, 0.2) is 60.8 Å². The number of hydrogen-bond acceptors (Lipinski definition) is 4. The van der Waals surface area contributed by atoms with Crippen LogP contribution in [-0.4, -0.2) is 15.8 Å². The van der Waals surface area contributed by atoms with Crippen LogP contribution in [0.1, 0.15) is 45.1 Å². The van der Waals surface area contributed by atoms with Gasteiger partial charge in [0.1, 0.15) is 0 Å². The lowest BCUT2D eigenvalue weighted by molar-refractivity contribution is 0.0962. The first kappa shape index (κ1) is 16.5. The van der Waals surface area contributed by atoms with Gasteiger partial charge < -0.3 is 5.32 Å². The van der Waals surface area contributed by atoms with Crippen LogP contribution in [0, 0.1) is 6.92 Å². The van der Waals surface area contributed by atoms with Crippen LogP contribution < -0.4 is 5.32 Å². The highest BCUT2D eigenvalue weighted by atomic mass is 16.1. The van der Waals surface area contributed by atoms with E-state index in [-0.39, 0.29) is 11.7 Å². The third-order valence-corrected chi connectivity index (χ3v) is 4.96. The molecule has 4 rings (SSSR count). The third-order valence-electron chi connectivity index (χ3n) is 4.96. The number of benzene rings is 2. The lowest BCUT2D eigenvalue weighted by atomic mass is 9.81. The van der Waals surface area contributed by atoms with Gasteiger partial charge in [0.2, 0.25) is 5.95 Å². The Bertz CT molecular complexity index is 937. The Kier molecular flexibility index (Phi) is 4.48. The zero-order valence-corrected chi connectivity index (χ0v) is 14.8. The summed E-state index contributed by atoms with van der Waals surface area (Å²) < 4.78 is 0. The summed E-state index contributed by atoms with van der Waals surface area (Å²) in [4.78, 5) is 21.5. The number of nitrogens with zero attached hydrogens (tertiary/aromatic N) is 2. The van der Waals surface area contributed by atoms with Gasteiger partial charge in [-0.05, 0) is 36.0 Å². The Morgan fingerprint density at radius 3 is 2.62 bits per heavy atom. The molecule has 3 aromatic rings. The van der Waals surface area contributed by atoms with E-state index in [1.54, 1.807) is 6.20 Å². The smallest absolute Gasteiger partial charge is 0.223 e. The maximum Gasteiger partial charge on any atom is 0.223 e. The molecule has 1 aliphatic carbocycles. The Morgan fingerprint density at radius 2 is 1.81 bits per heavy atom. The van der Waals surface area contributed by atoms with Crippen molar-refractivity contribution in [3.63, 3.8) is 0 Å². The van der Waals surface area contributed by atoms with E-state index in [1.807, 2.05) is 30.3 Å². The fraction of sp³-hybridized carbons (Fsp3) is 0.227. The molecule has 1 atom stereocenters. The molecular weight excluding hydrogens is 322 g/mol. The Balaban J connectivity index is 1.56. The Labute approximate surface area is 153 Å². The first-order valence-corrected chi connectivity index (χ1v) is 8.93. The second kappa shape index (κ2) is 7.08. The van der Waals surface area contributed by atoms with E-state index in [4.69, 9.17) is 0 Å². The minimum absolute atomic E-state index is 0.133. The number of Topliss-reactive ketones (excluding diaryl/α,β-unsaturated/α-hetero) is 1. The monoisotopic (exact) mass is 343 g/mol. The van der Waals surface area contributed by atoms with Gasteiger partial charge in [-0.1, -0.05) is 54.6 Å². The number of carbonyl (C=O) groups excluding carboxylic acids is 1. The van der Waals surface area contributed by atoms with Gasteiger partial charge in [0.15, 0.2) is 5.78 Å². The largest absolute Gasteiger partial charge is 0.350 e. The van der Waals surface area contributed by atoms with Crippen LogP contribution >= 0.6 is 0 Å². The van der Waals surface area contributed by atoms with Gasteiger partial charge in [0, 0.05) is 19.2 Å². The second-order valence-electron chi connectivity index (χ2n) is 6.78. The van der Waals surface area contributed by atoms with Crippen LogP contribution in [0.25, 0.3) is 0 Å². The number of aryl methyl sites for hydroxylation is 1. The van der Waals surface area contributed by atoms with Gasteiger partial charge >= 0.3 is 0 Å². The lowest BCUT2D eigenvalue weighted by Gasteiger charge is -2.24. The van der Waals surface area contributed by atoms with E-state index in [9.17, 15) is 4.79 Å². The average molecular weight is 343 g/mol. The number of anilines is 1. The number of carbonyl (C=O) groups is 1. The molecule has 4 nitrogen and oxygen atoms in total. The highest BCUT2D eigenvalue weighted by molar-refractivity contribution is 5.98. The van der Waals surface area contributed by atoms with Gasteiger partial charge in [-0.2, -0.15) is 0 Å². The molecular formula is C22H21N3O. The zero-order chi connectivity index (χ0) is 17.9. The molecule has 1 heterocycles. The van der Waals surface area contributed by atoms with E-state index in [2.05, 4.69) is 46.5 Å². The molecule has 0 saturated heterocycles. The van der Waals surface area contributed by atoms with Crippen LogP contribution in [-0.2, 0) is 13.0 Å². The summed E-state index contributed by atoms with van der Waals surface area (Å²) in [5, 5.41) is 3.26. The first-order chi connectivity index (χ1) is 12.7. The lowest BCUT2D eigenvalue weighted by Crippen LogP contribution is -2.22. The van der Waals surface area contributed by atoms with Crippen LogP contribution in [0.4, 0.5) is 5.95 Å². The minimum atomic E-state index is 0.133. The normalized spacial score (nSPS) is 16.2. The highest BCUT2D eigenvalue weighted by Crippen LogP contribution is 2.33. The molecule has 1 aliphatic rings. The van der Waals surface area contributed by atoms with Crippen molar-refractivity contribution in [3.05, 3.63) is 88.7 Å². The molecule has 0 bridgehead atoms. The third kappa shape index (κ3) is 3.36. The number of ketones is 1. The molecule has 1 aromatic heterocycles. The van der Waals surface area contributed by atoms with E-state index >= 15 is 0 Å². The molecule has 0 spiro atoms. The van der Waals surface area contributed by atoms with Crippen LogP contribution in [0.2, 0.25) is 0 Å². The maximum absolute atomic E-state index is 12.6. The molecule has 130 valence electrons. The predicted octanol–water partition coefficient (Wildman–Crippen LogP) is 4.31. The van der Waals surface area contributed by atoms with Crippen molar-refractivity contribution in [2.75, 3.05) is 5.32 Å². The Hall–Kier alpha value is -3.01. The van der Waals surface area contributed by atoms with Crippen molar-refractivity contribution >= 4 is 11.7 Å². The fourth-order valence-corrected chi connectivity index (χ4v) is 3.57. The minimum Gasteiger partial charge on any atom is -0.350 e. The number of hydrogen-bond donors (Lipinski definition) is 1. The second-order valence-corrected chi connectivity index (χ2v) is 6.78. The molecule has 0 saturated carbocycles. The van der Waals surface area contributed by atoms with E-state index in [0.29, 0.717) is 24.5 Å². The van der Waals surface area contributed by atoms with Crippen molar-refractivity contribution in [2.24, 2.45) is 0 Å². The van der Waals surface area contributed by atoms with Crippen LogP contribution in [0.5, 0.6) is 0 Å². The van der Waals surface area contributed by atoms with Crippen molar-refractivity contribution < 1.29 is 4.79 Å².